The Bertz CT molecular complexity index is 1370. The number of methoxy groups -OCH3 is 4. The van der Waals surface area contributed by atoms with Crippen molar-refractivity contribution in [3.63, 3.8) is 0 Å². The van der Waals surface area contributed by atoms with Gasteiger partial charge in [0.15, 0.2) is 0 Å². The summed E-state index contributed by atoms with van der Waals surface area (Å²) in [4.78, 5) is 16.4. The van der Waals surface area contributed by atoms with Crippen LogP contribution in [0.5, 0.6) is 23.0 Å². The molecule has 0 spiro atoms. The molecule has 226 valence electrons. The summed E-state index contributed by atoms with van der Waals surface area (Å²) in [7, 11) is 6.74. The molecule has 3 heterocycles. The van der Waals surface area contributed by atoms with Crippen molar-refractivity contribution in [1.82, 2.24) is 9.97 Å². The highest BCUT2D eigenvalue weighted by molar-refractivity contribution is 7.99. The van der Waals surface area contributed by atoms with Gasteiger partial charge in [0, 0.05) is 49.7 Å². The summed E-state index contributed by atoms with van der Waals surface area (Å²) in [6, 6.07) is 16.6. The van der Waals surface area contributed by atoms with Gasteiger partial charge < -0.3 is 28.7 Å². The smallest absolute Gasteiger partial charge is 0.136 e. The molecule has 2 aromatic carbocycles. The molecular weight excluding hydrogens is 581 g/mol. The summed E-state index contributed by atoms with van der Waals surface area (Å²) in [5.41, 5.74) is 4.07. The molecule has 2 aromatic heterocycles. The highest BCUT2D eigenvalue weighted by atomic mass is 32.2. The molecule has 43 heavy (non-hydrogen) atoms. The first-order valence-electron chi connectivity index (χ1n) is 14.1. The molecule has 1 aliphatic heterocycles. The van der Waals surface area contributed by atoms with E-state index in [2.05, 4.69) is 34.1 Å². The Morgan fingerprint density at radius 2 is 0.907 bits per heavy atom. The number of rotatable bonds is 10. The quantitative estimate of drug-likeness (QED) is 0.174. The number of hydrogen-bond acceptors (Lipinski definition) is 10. The second kappa shape index (κ2) is 14.1. The zero-order chi connectivity index (χ0) is 30.3. The molecule has 1 saturated heterocycles. The lowest BCUT2D eigenvalue weighted by atomic mass is 10.1. The maximum Gasteiger partial charge on any atom is 0.136 e. The summed E-state index contributed by atoms with van der Waals surface area (Å²) in [6.45, 7) is 3.60. The monoisotopic (exact) mass is 618 g/mol. The van der Waals surface area contributed by atoms with Crippen LogP contribution in [0.15, 0.2) is 70.7 Å². The van der Waals surface area contributed by atoms with Crippen molar-refractivity contribution in [1.29, 1.82) is 0 Å². The normalized spacial score (nSPS) is 13.4. The lowest BCUT2D eigenvalue weighted by molar-refractivity contribution is 0.376. The Kier molecular flexibility index (Phi) is 10.1. The van der Waals surface area contributed by atoms with Crippen LogP contribution < -0.4 is 28.7 Å². The first kappa shape index (κ1) is 30.7. The Balaban J connectivity index is 1.27. The van der Waals surface area contributed by atoms with Gasteiger partial charge in [0.25, 0.3) is 0 Å². The molecule has 0 N–H and O–H groups in total. The average molecular weight is 619 g/mol. The number of anilines is 2. The maximum atomic E-state index is 5.63. The Morgan fingerprint density at radius 1 is 0.535 bits per heavy atom. The zero-order valence-corrected chi connectivity index (χ0v) is 27.2. The first-order valence-corrected chi connectivity index (χ1v) is 16.5. The van der Waals surface area contributed by atoms with E-state index in [1.807, 2.05) is 49.2 Å². The molecule has 0 unspecified atom stereocenters. The number of pyridine rings is 2. The number of nitrogens with zero attached hydrogens (tertiary/aromatic N) is 4. The third kappa shape index (κ3) is 6.60. The predicted molar refractivity (Wildman–Crippen MR) is 178 cm³/mol. The van der Waals surface area contributed by atoms with Crippen molar-refractivity contribution in [2.75, 3.05) is 76.9 Å². The van der Waals surface area contributed by atoms with Gasteiger partial charge in [-0.2, -0.15) is 0 Å². The van der Waals surface area contributed by atoms with Crippen molar-refractivity contribution in [3.8, 4) is 45.3 Å². The van der Waals surface area contributed by atoms with Crippen LogP contribution in [-0.4, -0.2) is 77.1 Å². The molecule has 0 radical (unpaired) electrons. The molecule has 4 aromatic rings. The summed E-state index contributed by atoms with van der Waals surface area (Å²) in [5, 5.41) is 0. The van der Waals surface area contributed by atoms with E-state index in [1.165, 1.54) is 0 Å². The minimum Gasteiger partial charge on any atom is -0.495 e. The first-order chi connectivity index (χ1) is 21.0. The minimum atomic E-state index is 0.799. The summed E-state index contributed by atoms with van der Waals surface area (Å²) >= 11 is 3.22. The topological polar surface area (TPSA) is 69.2 Å². The van der Waals surface area contributed by atoms with Gasteiger partial charge in [-0.1, -0.05) is 0 Å². The van der Waals surface area contributed by atoms with Crippen molar-refractivity contribution < 1.29 is 18.9 Å². The largest absolute Gasteiger partial charge is 0.495 e. The predicted octanol–water partition coefficient (Wildman–Crippen LogP) is 7.01. The van der Waals surface area contributed by atoms with Crippen molar-refractivity contribution in [3.05, 3.63) is 60.9 Å². The van der Waals surface area contributed by atoms with Crippen LogP contribution in [0.4, 0.5) is 11.6 Å². The Labute approximate surface area is 262 Å². The van der Waals surface area contributed by atoms with E-state index in [0.29, 0.717) is 0 Å². The zero-order valence-electron chi connectivity index (χ0n) is 25.5. The number of aromatic nitrogens is 2. The fourth-order valence-corrected chi connectivity index (χ4v) is 6.73. The maximum absolute atomic E-state index is 5.63. The number of ether oxygens (including phenoxy) is 4. The fourth-order valence-electron chi connectivity index (χ4n) is 5.36. The van der Waals surface area contributed by atoms with Gasteiger partial charge in [-0.15, -0.1) is 23.5 Å². The summed E-state index contributed by atoms with van der Waals surface area (Å²) in [5.74, 6) is 5.15. The van der Waals surface area contributed by atoms with Crippen LogP contribution in [0.1, 0.15) is 6.42 Å². The third-order valence-electron chi connectivity index (χ3n) is 7.64. The second-order valence-corrected chi connectivity index (χ2v) is 11.6. The highest BCUT2D eigenvalue weighted by Crippen LogP contribution is 2.42. The molecule has 10 heteroatoms. The summed E-state index contributed by atoms with van der Waals surface area (Å²) < 4.78 is 22.5. The molecule has 5 rings (SSSR count). The molecule has 0 amide bonds. The van der Waals surface area contributed by atoms with Gasteiger partial charge in [-0.25, -0.2) is 9.97 Å². The van der Waals surface area contributed by atoms with Crippen molar-refractivity contribution >= 4 is 35.2 Å². The molecule has 1 aliphatic rings. The summed E-state index contributed by atoms with van der Waals surface area (Å²) in [6.07, 6.45) is 8.92. The van der Waals surface area contributed by atoms with E-state index >= 15 is 0 Å². The molecule has 8 nitrogen and oxygen atoms in total. The van der Waals surface area contributed by atoms with E-state index in [-0.39, 0.29) is 0 Å². The van der Waals surface area contributed by atoms with Crippen LogP contribution in [0.2, 0.25) is 0 Å². The van der Waals surface area contributed by atoms with Gasteiger partial charge in [-0.3, -0.25) is 0 Å². The highest BCUT2D eigenvalue weighted by Gasteiger charge is 2.19. The van der Waals surface area contributed by atoms with Crippen LogP contribution in [0, 0.1) is 0 Å². The SMILES string of the molecule is COc1cc(-c2ccc(N3CCCN(c4ccc(-c5cc(OC)c(SC)c(OC)c5)cn4)CC3)nc2)cc(OC)c1SC. The van der Waals surface area contributed by atoms with Crippen LogP contribution in [-0.2, 0) is 0 Å². The molecule has 0 saturated carbocycles. The van der Waals surface area contributed by atoms with Crippen LogP contribution >= 0.6 is 23.5 Å². The minimum absolute atomic E-state index is 0.799. The second-order valence-electron chi connectivity index (χ2n) is 9.97. The fraction of sp³-hybridized carbons (Fsp3) is 0.333. The molecular formula is C33H38N4O4S2. The molecule has 0 bridgehead atoms. The lowest BCUT2D eigenvalue weighted by Gasteiger charge is -2.24. The Morgan fingerprint density at radius 3 is 1.19 bits per heavy atom. The van der Waals surface area contributed by atoms with E-state index in [1.54, 1.807) is 52.0 Å². The molecule has 0 aliphatic carbocycles. The van der Waals surface area contributed by atoms with Crippen LogP contribution in [0.3, 0.4) is 0 Å². The number of hydrogen-bond donors (Lipinski definition) is 0. The van der Waals surface area contributed by atoms with Gasteiger partial charge in [0.2, 0.25) is 0 Å². The van der Waals surface area contributed by atoms with E-state index < -0.39 is 0 Å². The molecule has 1 fully saturated rings. The average Bonchev–Trinajstić information content (AvgIpc) is 3.33. The van der Waals surface area contributed by atoms with E-state index in [4.69, 9.17) is 28.9 Å². The number of benzene rings is 2. The standard InChI is InChI=1S/C33H38N4O4S2/c1-38-26-16-24(17-27(39-2)32(26)42-5)22-8-10-30(34-20-22)36-12-7-13-37(15-14-36)31-11-9-23(21-35-31)25-18-28(40-3)33(43-6)29(19-25)41-4/h8-11,16-21H,7,12-15H2,1-6H3. The molecule has 0 atom stereocenters. The Hall–Kier alpha value is -3.76. The van der Waals surface area contributed by atoms with E-state index in [0.717, 1.165) is 99.3 Å². The van der Waals surface area contributed by atoms with Crippen LogP contribution in [0.25, 0.3) is 22.3 Å². The third-order valence-corrected chi connectivity index (χ3v) is 9.26. The van der Waals surface area contributed by atoms with Gasteiger partial charge in [-0.05, 0) is 78.6 Å². The van der Waals surface area contributed by atoms with Gasteiger partial charge in [0.1, 0.15) is 34.6 Å². The van der Waals surface area contributed by atoms with Gasteiger partial charge >= 0.3 is 0 Å². The van der Waals surface area contributed by atoms with Crippen molar-refractivity contribution in [2.45, 2.75) is 16.2 Å². The van der Waals surface area contributed by atoms with Crippen molar-refractivity contribution in [2.24, 2.45) is 0 Å². The van der Waals surface area contributed by atoms with Gasteiger partial charge in [0.05, 0.1) is 38.2 Å². The van der Waals surface area contributed by atoms with E-state index in [9.17, 15) is 0 Å². The number of thioether (sulfide) groups is 2. The lowest BCUT2D eigenvalue weighted by Crippen LogP contribution is -2.31.